The molecule has 1 unspecified atom stereocenters. The summed E-state index contributed by atoms with van der Waals surface area (Å²) in [5.41, 5.74) is 0. The van der Waals surface area contributed by atoms with E-state index in [4.69, 9.17) is 0 Å². The fraction of sp³-hybridized carbons (Fsp3) is 0.773. The van der Waals surface area contributed by atoms with Gasteiger partial charge in [0.1, 0.15) is 5.82 Å². The molecule has 3 saturated heterocycles. The summed E-state index contributed by atoms with van der Waals surface area (Å²) in [6.07, 6.45) is 8.97. The highest BCUT2D eigenvalue weighted by Gasteiger charge is 2.25. The lowest BCUT2D eigenvalue weighted by Crippen LogP contribution is -2.50. The molecule has 5 nitrogen and oxygen atoms in total. The van der Waals surface area contributed by atoms with Gasteiger partial charge in [0.2, 0.25) is 0 Å². The third-order valence-electron chi connectivity index (χ3n) is 6.65. The van der Waals surface area contributed by atoms with Gasteiger partial charge in [-0.3, -0.25) is 4.90 Å². The third-order valence-corrected chi connectivity index (χ3v) is 6.65. The molecule has 4 rings (SSSR count). The van der Waals surface area contributed by atoms with Crippen LogP contribution in [0.5, 0.6) is 0 Å². The van der Waals surface area contributed by atoms with Crippen LogP contribution in [0.2, 0.25) is 0 Å². The lowest BCUT2D eigenvalue weighted by molar-refractivity contribution is 0.113. The molecule has 0 radical (unpaired) electrons. The molecule has 5 heteroatoms. The van der Waals surface area contributed by atoms with Crippen LogP contribution in [-0.4, -0.2) is 91.7 Å². The van der Waals surface area contributed by atoms with Crippen molar-refractivity contribution in [2.75, 3.05) is 76.9 Å². The molecule has 0 N–H and O–H groups in total. The molecule has 1 aromatic heterocycles. The maximum Gasteiger partial charge on any atom is 0.128 e. The number of anilines is 1. The second-order valence-electron chi connectivity index (χ2n) is 8.69. The molecule has 0 bridgehead atoms. The lowest BCUT2D eigenvalue weighted by Gasteiger charge is -2.40. The molecule has 0 aliphatic carbocycles. The number of pyridine rings is 1. The Morgan fingerprint density at radius 1 is 0.778 bits per heavy atom. The average Bonchev–Trinajstić information content (AvgIpc) is 2.75. The van der Waals surface area contributed by atoms with E-state index in [1.165, 1.54) is 91.0 Å². The van der Waals surface area contributed by atoms with Crippen LogP contribution in [0.4, 0.5) is 5.82 Å². The zero-order chi connectivity index (χ0) is 18.3. The summed E-state index contributed by atoms with van der Waals surface area (Å²) in [4.78, 5) is 15.1. The lowest BCUT2D eigenvalue weighted by atomic mass is 9.97. The Labute approximate surface area is 165 Å². The summed E-state index contributed by atoms with van der Waals surface area (Å²) in [5.74, 6) is 2.00. The van der Waals surface area contributed by atoms with E-state index in [1.807, 2.05) is 12.3 Å². The molecule has 3 aliphatic heterocycles. The largest absolute Gasteiger partial charge is 0.354 e. The number of aromatic nitrogens is 1. The van der Waals surface area contributed by atoms with Crippen molar-refractivity contribution in [2.24, 2.45) is 5.92 Å². The van der Waals surface area contributed by atoms with Gasteiger partial charge < -0.3 is 14.7 Å². The highest BCUT2D eigenvalue weighted by atomic mass is 15.3. The van der Waals surface area contributed by atoms with Crippen LogP contribution in [0.1, 0.15) is 32.1 Å². The number of piperazine rings is 1. The molecule has 4 heterocycles. The first-order valence-corrected chi connectivity index (χ1v) is 11.2. The zero-order valence-corrected chi connectivity index (χ0v) is 16.9. The Balaban J connectivity index is 1.17. The summed E-state index contributed by atoms with van der Waals surface area (Å²) in [7, 11) is 0. The van der Waals surface area contributed by atoms with Crippen molar-refractivity contribution >= 4 is 5.82 Å². The van der Waals surface area contributed by atoms with E-state index in [1.54, 1.807) is 0 Å². The van der Waals surface area contributed by atoms with Crippen molar-refractivity contribution in [2.45, 2.75) is 32.1 Å². The molecule has 0 amide bonds. The second-order valence-corrected chi connectivity index (χ2v) is 8.69. The first-order chi connectivity index (χ1) is 13.4. The molecule has 3 fully saturated rings. The van der Waals surface area contributed by atoms with E-state index >= 15 is 0 Å². The highest BCUT2D eigenvalue weighted by Crippen LogP contribution is 2.20. The van der Waals surface area contributed by atoms with Crippen LogP contribution >= 0.6 is 0 Å². The maximum atomic E-state index is 4.51. The summed E-state index contributed by atoms with van der Waals surface area (Å²) in [6, 6.07) is 6.23. The van der Waals surface area contributed by atoms with Gasteiger partial charge in [-0.1, -0.05) is 12.5 Å². The zero-order valence-electron chi connectivity index (χ0n) is 16.9. The Kier molecular flexibility index (Phi) is 6.99. The standard InChI is InChI=1S/C22H37N5/c1-4-10-24(11-5-1)13-14-25-12-6-7-21(19-25)20-26-15-17-27(18-16-26)22-8-2-3-9-23-22/h2-3,8-9,21H,1,4-7,10-20H2. The fourth-order valence-electron chi connectivity index (χ4n) is 5.03. The van der Waals surface area contributed by atoms with Crippen LogP contribution in [0.15, 0.2) is 24.4 Å². The Bertz CT molecular complexity index is 537. The van der Waals surface area contributed by atoms with Gasteiger partial charge in [0.25, 0.3) is 0 Å². The van der Waals surface area contributed by atoms with Gasteiger partial charge in [-0.25, -0.2) is 4.98 Å². The van der Waals surface area contributed by atoms with Crippen LogP contribution in [-0.2, 0) is 0 Å². The summed E-state index contributed by atoms with van der Waals surface area (Å²) >= 11 is 0. The number of rotatable bonds is 6. The van der Waals surface area contributed by atoms with E-state index < -0.39 is 0 Å². The van der Waals surface area contributed by atoms with Crippen molar-refractivity contribution in [3.63, 3.8) is 0 Å². The first-order valence-electron chi connectivity index (χ1n) is 11.2. The van der Waals surface area contributed by atoms with Crippen LogP contribution in [0.25, 0.3) is 0 Å². The number of piperidine rings is 2. The van der Waals surface area contributed by atoms with Crippen molar-refractivity contribution in [3.05, 3.63) is 24.4 Å². The van der Waals surface area contributed by atoms with Gasteiger partial charge in [0.05, 0.1) is 0 Å². The topological polar surface area (TPSA) is 25.9 Å². The molecular formula is C22H37N5. The Morgan fingerprint density at radius 2 is 1.56 bits per heavy atom. The minimum atomic E-state index is 0.863. The first kappa shape index (κ1) is 19.2. The number of nitrogens with zero attached hydrogens (tertiary/aromatic N) is 5. The normalized spacial score (nSPS) is 26.4. The molecule has 0 aromatic carbocycles. The van der Waals surface area contributed by atoms with Gasteiger partial charge in [-0.15, -0.1) is 0 Å². The molecule has 1 aromatic rings. The van der Waals surface area contributed by atoms with E-state index in [0.717, 1.165) is 24.8 Å². The minimum absolute atomic E-state index is 0.863. The monoisotopic (exact) mass is 371 g/mol. The van der Waals surface area contributed by atoms with Gasteiger partial charge >= 0.3 is 0 Å². The van der Waals surface area contributed by atoms with Crippen molar-refractivity contribution in [1.82, 2.24) is 19.7 Å². The molecule has 0 spiro atoms. The van der Waals surface area contributed by atoms with Crippen LogP contribution < -0.4 is 4.90 Å². The fourth-order valence-corrected chi connectivity index (χ4v) is 5.03. The molecule has 150 valence electrons. The highest BCUT2D eigenvalue weighted by molar-refractivity contribution is 5.38. The molecule has 1 atom stereocenters. The third kappa shape index (κ3) is 5.66. The summed E-state index contributed by atoms with van der Waals surface area (Å²) in [5, 5.41) is 0. The summed E-state index contributed by atoms with van der Waals surface area (Å²) < 4.78 is 0. The van der Waals surface area contributed by atoms with Crippen LogP contribution in [0.3, 0.4) is 0 Å². The summed E-state index contributed by atoms with van der Waals surface area (Å²) in [6.45, 7) is 13.7. The SMILES string of the molecule is c1ccc(N2CCN(CC3CCCN(CCN4CCCCC4)C3)CC2)nc1. The van der Waals surface area contributed by atoms with Gasteiger partial charge in [0, 0.05) is 58.6 Å². The number of hydrogen-bond acceptors (Lipinski definition) is 5. The quantitative estimate of drug-likeness (QED) is 0.765. The van der Waals surface area contributed by atoms with E-state index in [0.29, 0.717) is 0 Å². The smallest absolute Gasteiger partial charge is 0.128 e. The molecule has 0 saturated carbocycles. The Morgan fingerprint density at radius 3 is 2.33 bits per heavy atom. The minimum Gasteiger partial charge on any atom is -0.354 e. The van der Waals surface area contributed by atoms with Gasteiger partial charge in [0.15, 0.2) is 0 Å². The van der Waals surface area contributed by atoms with E-state index in [9.17, 15) is 0 Å². The molecule has 27 heavy (non-hydrogen) atoms. The Hall–Kier alpha value is -1.17. The van der Waals surface area contributed by atoms with Crippen molar-refractivity contribution < 1.29 is 0 Å². The second kappa shape index (κ2) is 9.85. The van der Waals surface area contributed by atoms with Gasteiger partial charge in [-0.2, -0.15) is 0 Å². The van der Waals surface area contributed by atoms with Crippen molar-refractivity contribution in [3.8, 4) is 0 Å². The maximum absolute atomic E-state index is 4.51. The van der Waals surface area contributed by atoms with Crippen molar-refractivity contribution in [1.29, 1.82) is 0 Å². The number of likely N-dealkylation sites (tertiary alicyclic amines) is 2. The predicted molar refractivity (Wildman–Crippen MR) is 112 cm³/mol. The molecule has 3 aliphatic rings. The van der Waals surface area contributed by atoms with E-state index in [2.05, 4.69) is 36.7 Å². The van der Waals surface area contributed by atoms with E-state index in [-0.39, 0.29) is 0 Å². The molecular weight excluding hydrogens is 334 g/mol. The van der Waals surface area contributed by atoms with Crippen LogP contribution in [0, 0.1) is 5.92 Å². The van der Waals surface area contributed by atoms with Gasteiger partial charge in [-0.05, 0) is 63.4 Å². The number of hydrogen-bond donors (Lipinski definition) is 0. The predicted octanol–water partition coefficient (Wildman–Crippen LogP) is 2.40. The average molecular weight is 372 g/mol.